The van der Waals surface area contributed by atoms with Crippen molar-refractivity contribution in [3.8, 4) is 11.5 Å². The van der Waals surface area contributed by atoms with Gasteiger partial charge in [0.25, 0.3) is 5.89 Å². The maximum absolute atomic E-state index is 15.2. The Kier molecular flexibility index (Phi) is 6.47. The van der Waals surface area contributed by atoms with Gasteiger partial charge in [0.1, 0.15) is 5.82 Å². The minimum absolute atomic E-state index is 0.178. The van der Waals surface area contributed by atoms with Crippen LogP contribution in [0.2, 0.25) is 0 Å². The Labute approximate surface area is 194 Å². The second-order valence-electron chi connectivity index (χ2n) is 7.31. The second kappa shape index (κ2) is 9.14. The molecule has 1 saturated heterocycles. The van der Waals surface area contributed by atoms with Gasteiger partial charge in [-0.15, -0.1) is 10.2 Å². The van der Waals surface area contributed by atoms with E-state index in [1.807, 2.05) is 24.3 Å². The smallest absolute Gasteiger partial charge is 0.315 e. The van der Waals surface area contributed by atoms with Crippen LogP contribution in [0.25, 0.3) is 11.5 Å². The Morgan fingerprint density at radius 3 is 2.75 bits per heavy atom. The summed E-state index contributed by atoms with van der Waals surface area (Å²) in [7, 11) is 0. The molecular weight excluding hydrogens is 509 g/mol. The molecule has 32 heavy (non-hydrogen) atoms. The molecule has 3 aromatic rings. The second-order valence-corrected chi connectivity index (χ2v) is 9.33. The van der Waals surface area contributed by atoms with Crippen molar-refractivity contribution >= 4 is 33.7 Å². The van der Waals surface area contributed by atoms with Crippen LogP contribution >= 0.6 is 27.7 Å². The van der Waals surface area contributed by atoms with Crippen molar-refractivity contribution in [3.63, 3.8) is 0 Å². The first-order chi connectivity index (χ1) is 15.3. The molecule has 1 unspecified atom stereocenters. The molecule has 0 aliphatic carbocycles. The molecule has 1 atom stereocenters. The summed E-state index contributed by atoms with van der Waals surface area (Å²) in [6, 6.07) is 11.2. The van der Waals surface area contributed by atoms with Gasteiger partial charge in [-0.3, -0.25) is 0 Å². The molecule has 0 spiro atoms. The molecule has 1 aromatic heterocycles. The number of carbonyl (C=O) groups excluding carboxylic acids is 1. The topological polar surface area (TPSA) is 85.3 Å². The van der Waals surface area contributed by atoms with Gasteiger partial charge in [0.05, 0.1) is 5.54 Å². The van der Waals surface area contributed by atoms with Crippen molar-refractivity contribution in [1.29, 1.82) is 0 Å². The average molecular weight is 527 g/mol. The van der Waals surface area contributed by atoms with Gasteiger partial charge in [-0.25, -0.2) is 9.18 Å². The number of rotatable bonds is 5. The normalized spacial score (nSPS) is 18.8. The summed E-state index contributed by atoms with van der Waals surface area (Å²) in [6.45, 7) is 0.435. The number of nitrogens with two attached hydrogens (primary N) is 1. The lowest BCUT2D eigenvalue weighted by Gasteiger charge is -2.47. The highest BCUT2D eigenvalue weighted by atomic mass is 79.9. The summed E-state index contributed by atoms with van der Waals surface area (Å²) >= 11 is 5.13. The molecule has 0 bridgehead atoms. The lowest BCUT2D eigenvalue weighted by atomic mass is 9.83. The molecule has 1 aliphatic heterocycles. The van der Waals surface area contributed by atoms with Crippen molar-refractivity contribution in [2.45, 2.75) is 18.4 Å². The lowest BCUT2D eigenvalue weighted by Crippen LogP contribution is -2.57. The third kappa shape index (κ3) is 4.36. The molecule has 2 amide bonds. The zero-order valence-electron chi connectivity index (χ0n) is 16.6. The minimum atomic E-state index is -2.91. The van der Waals surface area contributed by atoms with Crippen molar-refractivity contribution in [1.82, 2.24) is 15.1 Å². The number of thioether (sulfide) groups is 1. The SMILES string of the molecule is NC(=O)N1CCSCC1(Cc1ccc(-c2nnc(C(F)F)o2)cc1F)c1cccc(Br)c1. The fraction of sp³-hybridized carbons (Fsp3) is 0.286. The molecule has 4 rings (SSSR count). The van der Waals surface area contributed by atoms with Crippen LogP contribution in [-0.2, 0) is 12.0 Å². The van der Waals surface area contributed by atoms with E-state index in [1.54, 1.807) is 16.7 Å². The predicted octanol–water partition coefficient (Wildman–Crippen LogP) is 5.14. The van der Waals surface area contributed by atoms with Gasteiger partial charge in [0, 0.05) is 34.5 Å². The van der Waals surface area contributed by atoms with Crippen LogP contribution in [-0.4, -0.2) is 39.2 Å². The summed E-state index contributed by atoms with van der Waals surface area (Å²) in [4.78, 5) is 13.9. The molecule has 0 saturated carbocycles. The van der Waals surface area contributed by atoms with E-state index in [0.29, 0.717) is 17.9 Å². The predicted molar refractivity (Wildman–Crippen MR) is 118 cm³/mol. The van der Waals surface area contributed by atoms with Gasteiger partial charge in [0.15, 0.2) is 0 Å². The van der Waals surface area contributed by atoms with E-state index in [9.17, 15) is 13.6 Å². The third-order valence-corrected chi connectivity index (χ3v) is 7.00. The largest absolute Gasteiger partial charge is 0.415 e. The number of aromatic nitrogens is 2. The van der Waals surface area contributed by atoms with Crippen LogP contribution in [0, 0.1) is 5.82 Å². The van der Waals surface area contributed by atoms with E-state index in [1.165, 1.54) is 12.1 Å². The van der Waals surface area contributed by atoms with E-state index < -0.39 is 29.7 Å². The highest BCUT2D eigenvalue weighted by molar-refractivity contribution is 9.10. The molecule has 1 fully saturated rings. The quantitative estimate of drug-likeness (QED) is 0.497. The highest BCUT2D eigenvalue weighted by Crippen LogP contribution is 2.40. The van der Waals surface area contributed by atoms with Crippen molar-refractivity contribution in [2.75, 3.05) is 18.1 Å². The third-order valence-electron chi connectivity index (χ3n) is 5.35. The summed E-state index contributed by atoms with van der Waals surface area (Å²) < 4.78 is 46.3. The monoisotopic (exact) mass is 526 g/mol. The summed E-state index contributed by atoms with van der Waals surface area (Å²) in [5.41, 5.74) is 6.23. The van der Waals surface area contributed by atoms with Crippen LogP contribution in [0.4, 0.5) is 18.0 Å². The zero-order chi connectivity index (χ0) is 22.9. The van der Waals surface area contributed by atoms with Crippen LogP contribution in [0.5, 0.6) is 0 Å². The number of alkyl halides is 2. The maximum Gasteiger partial charge on any atom is 0.315 e. The lowest BCUT2D eigenvalue weighted by molar-refractivity contribution is 0.116. The number of primary amides is 1. The van der Waals surface area contributed by atoms with E-state index >= 15 is 4.39 Å². The Balaban J connectivity index is 1.73. The number of hydrogen-bond acceptors (Lipinski definition) is 5. The van der Waals surface area contributed by atoms with Crippen LogP contribution in [0.3, 0.4) is 0 Å². The van der Waals surface area contributed by atoms with Crippen LogP contribution < -0.4 is 5.73 Å². The summed E-state index contributed by atoms with van der Waals surface area (Å²) in [5.74, 6) is -0.332. The number of amides is 2. The van der Waals surface area contributed by atoms with Crippen molar-refractivity contribution in [3.05, 3.63) is 69.8 Å². The van der Waals surface area contributed by atoms with Crippen molar-refractivity contribution in [2.24, 2.45) is 5.73 Å². The number of urea groups is 1. The Bertz CT molecular complexity index is 1150. The standard InChI is InChI=1S/C21H18BrF3N4O2S/c22-15-3-1-2-14(9-15)21(11-32-7-6-29(21)20(26)30)10-13-5-4-12(8-16(13)23)18-27-28-19(31-18)17(24)25/h1-5,8-9,17H,6-7,10-11H2,(H2,26,30). The maximum atomic E-state index is 15.2. The number of hydrogen-bond donors (Lipinski definition) is 1. The van der Waals surface area contributed by atoms with E-state index in [2.05, 4.69) is 26.1 Å². The number of nitrogens with zero attached hydrogens (tertiary/aromatic N) is 3. The molecule has 2 N–H and O–H groups in total. The Morgan fingerprint density at radius 2 is 2.09 bits per heavy atom. The van der Waals surface area contributed by atoms with Crippen molar-refractivity contribution < 1.29 is 22.4 Å². The zero-order valence-corrected chi connectivity index (χ0v) is 19.0. The molecule has 2 heterocycles. The molecule has 0 radical (unpaired) electrons. The number of carbonyl (C=O) groups is 1. The number of halogens is 4. The molecule has 6 nitrogen and oxygen atoms in total. The van der Waals surface area contributed by atoms with E-state index in [0.717, 1.165) is 21.9 Å². The molecule has 168 valence electrons. The first-order valence-electron chi connectivity index (χ1n) is 9.61. The van der Waals surface area contributed by atoms with Gasteiger partial charge in [-0.1, -0.05) is 34.1 Å². The fourth-order valence-electron chi connectivity index (χ4n) is 3.85. The fourth-order valence-corrected chi connectivity index (χ4v) is 5.47. The van der Waals surface area contributed by atoms with Gasteiger partial charge < -0.3 is 15.1 Å². The summed E-state index contributed by atoms with van der Waals surface area (Å²) in [6.07, 6.45) is -2.73. The highest BCUT2D eigenvalue weighted by Gasteiger charge is 2.43. The molecular formula is C21H18BrF3N4O2S. The first kappa shape index (κ1) is 22.7. The first-order valence-corrected chi connectivity index (χ1v) is 11.6. The Hall–Kier alpha value is -2.53. The molecule has 1 aliphatic rings. The van der Waals surface area contributed by atoms with Crippen LogP contribution in [0.15, 0.2) is 51.4 Å². The minimum Gasteiger partial charge on any atom is -0.415 e. The number of benzene rings is 2. The van der Waals surface area contributed by atoms with Gasteiger partial charge >= 0.3 is 12.5 Å². The molecule has 11 heteroatoms. The van der Waals surface area contributed by atoms with Gasteiger partial charge in [-0.05, 0) is 35.4 Å². The Morgan fingerprint density at radius 1 is 1.28 bits per heavy atom. The average Bonchev–Trinajstić information content (AvgIpc) is 3.26. The van der Waals surface area contributed by atoms with E-state index in [-0.39, 0.29) is 17.9 Å². The van der Waals surface area contributed by atoms with E-state index in [4.69, 9.17) is 10.2 Å². The van der Waals surface area contributed by atoms with Gasteiger partial charge in [0.2, 0.25) is 5.89 Å². The summed E-state index contributed by atoms with van der Waals surface area (Å²) in [5, 5.41) is 6.83. The van der Waals surface area contributed by atoms with Gasteiger partial charge in [-0.2, -0.15) is 20.5 Å². The molecule has 2 aromatic carbocycles. The van der Waals surface area contributed by atoms with Crippen LogP contribution in [0.1, 0.15) is 23.4 Å².